The molecule has 0 unspecified atom stereocenters. The SMILES string of the molecule is CCOC(=O)CC1CCC2(CC1)OOC1(OO2)C2CC3CC(C2)CC1C3. The molecule has 146 valence electrons. The minimum absolute atomic E-state index is 0.112. The molecule has 0 N–H and O–H groups in total. The molecule has 1 saturated heterocycles. The maximum Gasteiger partial charge on any atom is 0.306 e. The molecule has 6 aliphatic rings. The van der Waals surface area contributed by atoms with E-state index in [-0.39, 0.29) is 5.97 Å². The molecule has 6 nitrogen and oxygen atoms in total. The summed E-state index contributed by atoms with van der Waals surface area (Å²) >= 11 is 0. The zero-order valence-electron chi connectivity index (χ0n) is 15.6. The predicted octanol–water partition coefficient (Wildman–Crippen LogP) is 3.89. The molecule has 1 aliphatic heterocycles. The first-order chi connectivity index (χ1) is 12.6. The normalized spacial score (nSPS) is 49.7. The number of rotatable bonds is 3. The fourth-order valence-electron chi connectivity index (χ4n) is 6.37. The zero-order valence-corrected chi connectivity index (χ0v) is 15.6. The van der Waals surface area contributed by atoms with Crippen molar-refractivity contribution in [2.45, 2.75) is 82.7 Å². The molecule has 0 aromatic rings. The number of esters is 1. The molecule has 1 heterocycles. The number of hydrogen-bond acceptors (Lipinski definition) is 6. The summed E-state index contributed by atoms with van der Waals surface area (Å²) in [4.78, 5) is 35.6. The van der Waals surface area contributed by atoms with Crippen LogP contribution in [0.5, 0.6) is 0 Å². The number of ether oxygens (including phenoxy) is 1. The van der Waals surface area contributed by atoms with Gasteiger partial charge in [0.15, 0.2) is 0 Å². The van der Waals surface area contributed by atoms with Gasteiger partial charge >= 0.3 is 5.97 Å². The highest BCUT2D eigenvalue weighted by molar-refractivity contribution is 5.69. The van der Waals surface area contributed by atoms with Crippen LogP contribution in [0.2, 0.25) is 0 Å². The van der Waals surface area contributed by atoms with Crippen molar-refractivity contribution in [3.8, 4) is 0 Å². The largest absolute Gasteiger partial charge is 0.466 e. The Morgan fingerprint density at radius 3 is 2.04 bits per heavy atom. The van der Waals surface area contributed by atoms with Crippen molar-refractivity contribution in [3.63, 3.8) is 0 Å². The average molecular weight is 366 g/mol. The minimum Gasteiger partial charge on any atom is -0.466 e. The van der Waals surface area contributed by atoms with E-state index < -0.39 is 11.6 Å². The van der Waals surface area contributed by atoms with E-state index in [1.54, 1.807) is 0 Å². The number of hydrogen-bond donors (Lipinski definition) is 0. The van der Waals surface area contributed by atoms with E-state index >= 15 is 0 Å². The quantitative estimate of drug-likeness (QED) is 0.558. The van der Waals surface area contributed by atoms with E-state index in [1.807, 2.05) is 6.92 Å². The monoisotopic (exact) mass is 366 g/mol. The van der Waals surface area contributed by atoms with Crippen LogP contribution in [0, 0.1) is 29.6 Å². The van der Waals surface area contributed by atoms with Gasteiger partial charge in [0.05, 0.1) is 6.61 Å². The van der Waals surface area contributed by atoms with Crippen molar-refractivity contribution in [1.82, 2.24) is 0 Å². The topological polar surface area (TPSA) is 63.2 Å². The van der Waals surface area contributed by atoms with Crippen molar-refractivity contribution in [3.05, 3.63) is 0 Å². The van der Waals surface area contributed by atoms with Crippen LogP contribution in [-0.2, 0) is 29.1 Å². The van der Waals surface area contributed by atoms with Crippen LogP contribution in [0.25, 0.3) is 0 Å². The van der Waals surface area contributed by atoms with E-state index in [4.69, 9.17) is 24.3 Å². The van der Waals surface area contributed by atoms with Crippen molar-refractivity contribution >= 4 is 5.97 Å². The first kappa shape index (κ1) is 17.4. The Balaban J connectivity index is 1.19. The molecule has 4 bridgehead atoms. The van der Waals surface area contributed by atoms with Crippen LogP contribution < -0.4 is 0 Å². The zero-order chi connectivity index (χ0) is 17.8. The van der Waals surface area contributed by atoms with E-state index in [2.05, 4.69) is 0 Å². The van der Waals surface area contributed by atoms with Gasteiger partial charge in [0.25, 0.3) is 0 Å². The third kappa shape index (κ3) is 2.81. The Labute approximate surface area is 154 Å². The molecule has 5 saturated carbocycles. The van der Waals surface area contributed by atoms with Crippen LogP contribution in [0.4, 0.5) is 0 Å². The van der Waals surface area contributed by atoms with Gasteiger partial charge in [0.2, 0.25) is 11.6 Å². The lowest BCUT2D eigenvalue weighted by Crippen LogP contribution is -2.64. The Morgan fingerprint density at radius 2 is 1.50 bits per heavy atom. The Kier molecular flexibility index (Phi) is 4.31. The second-order valence-corrected chi connectivity index (χ2v) is 9.22. The highest BCUT2D eigenvalue weighted by Gasteiger charge is 2.64. The van der Waals surface area contributed by atoms with E-state index in [1.165, 1.54) is 32.1 Å². The summed E-state index contributed by atoms with van der Waals surface area (Å²) in [6.45, 7) is 2.28. The van der Waals surface area contributed by atoms with E-state index in [9.17, 15) is 4.79 Å². The maximum absolute atomic E-state index is 11.7. The summed E-state index contributed by atoms with van der Waals surface area (Å²) in [6.07, 6.45) is 9.65. The fraction of sp³-hybridized carbons (Fsp3) is 0.950. The van der Waals surface area contributed by atoms with Gasteiger partial charge in [-0.05, 0) is 69.6 Å². The first-order valence-corrected chi connectivity index (χ1v) is 10.5. The lowest BCUT2D eigenvalue weighted by Gasteiger charge is -2.60. The summed E-state index contributed by atoms with van der Waals surface area (Å²) in [6, 6.07) is 0. The summed E-state index contributed by atoms with van der Waals surface area (Å²) in [5, 5.41) is 0. The summed E-state index contributed by atoms with van der Waals surface area (Å²) in [7, 11) is 0. The molecule has 2 spiro atoms. The minimum atomic E-state index is -0.801. The first-order valence-electron chi connectivity index (χ1n) is 10.5. The molecule has 0 aromatic carbocycles. The molecule has 6 heteroatoms. The van der Waals surface area contributed by atoms with Crippen molar-refractivity contribution in [1.29, 1.82) is 0 Å². The molecule has 6 rings (SSSR count). The Hall–Kier alpha value is -0.690. The van der Waals surface area contributed by atoms with Crippen LogP contribution in [-0.4, -0.2) is 24.2 Å². The van der Waals surface area contributed by atoms with Crippen LogP contribution >= 0.6 is 0 Å². The molecule has 0 atom stereocenters. The molecule has 26 heavy (non-hydrogen) atoms. The van der Waals surface area contributed by atoms with Gasteiger partial charge in [-0.3, -0.25) is 4.79 Å². The van der Waals surface area contributed by atoms with Gasteiger partial charge < -0.3 is 4.74 Å². The third-order valence-electron chi connectivity index (χ3n) is 7.55. The van der Waals surface area contributed by atoms with Crippen molar-refractivity contribution in [2.24, 2.45) is 29.6 Å². The van der Waals surface area contributed by atoms with Crippen LogP contribution in [0.3, 0.4) is 0 Å². The van der Waals surface area contributed by atoms with Crippen molar-refractivity contribution < 1.29 is 29.1 Å². The second kappa shape index (κ2) is 6.43. The van der Waals surface area contributed by atoms with Crippen molar-refractivity contribution in [2.75, 3.05) is 6.61 Å². The number of carbonyl (C=O) groups is 1. The fourth-order valence-corrected chi connectivity index (χ4v) is 6.37. The Bertz CT molecular complexity index is 513. The summed E-state index contributed by atoms with van der Waals surface area (Å²) < 4.78 is 5.06. The highest BCUT2D eigenvalue weighted by atomic mass is 17.4. The highest BCUT2D eigenvalue weighted by Crippen LogP contribution is 2.61. The molecule has 0 radical (unpaired) electrons. The molecule has 6 fully saturated rings. The molecular weight excluding hydrogens is 336 g/mol. The van der Waals surface area contributed by atoms with Gasteiger partial charge in [-0.1, -0.05) is 0 Å². The van der Waals surface area contributed by atoms with E-state index in [0.29, 0.717) is 43.6 Å². The number of carbonyl (C=O) groups excluding carboxylic acids is 1. The lowest BCUT2D eigenvalue weighted by atomic mass is 9.53. The van der Waals surface area contributed by atoms with Crippen LogP contribution in [0.1, 0.15) is 71.1 Å². The van der Waals surface area contributed by atoms with Gasteiger partial charge in [-0.25, -0.2) is 0 Å². The molecular formula is C20H30O6. The smallest absolute Gasteiger partial charge is 0.306 e. The van der Waals surface area contributed by atoms with E-state index in [0.717, 1.165) is 24.7 Å². The van der Waals surface area contributed by atoms with Gasteiger partial charge in [-0.2, -0.15) is 19.6 Å². The third-order valence-corrected chi connectivity index (χ3v) is 7.55. The molecule has 5 aliphatic carbocycles. The van der Waals surface area contributed by atoms with Gasteiger partial charge in [0.1, 0.15) is 0 Å². The molecule has 0 amide bonds. The second-order valence-electron chi connectivity index (χ2n) is 9.22. The summed E-state index contributed by atoms with van der Waals surface area (Å²) in [5.41, 5.74) is 0. The lowest BCUT2D eigenvalue weighted by molar-refractivity contribution is -0.680. The standard InChI is InChI=1S/C20H30O6/c1-2-22-18(21)12-13-3-5-19(6-4-13)23-25-20(26-24-19)16-8-14-7-15(10-16)11-17(20)9-14/h13-17H,2-12H2,1H3. The van der Waals surface area contributed by atoms with Gasteiger partial charge in [-0.15, -0.1) is 0 Å². The summed E-state index contributed by atoms with van der Waals surface area (Å²) in [5.74, 6) is 1.20. The average Bonchev–Trinajstić information content (AvgIpc) is 2.63. The van der Waals surface area contributed by atoms with Crippen LogP contribution in [0.15, 0.2) is 0 Å². The molecule has 0 aromatic heterocycles. The predicted molar refractivity (Wildman–Crippen MR) is 90.1 cm³/mol. The maximum atomic E-state index is 11.7. The Morgan fingerprint density at radius 1 is 0.923 bits per heavy atom. The van der Waals surface area contributed by atoms with Gasteiger partial charge in [0, 0.05) is 31.1 Å².